The number of carbonyl (C=O) groups is 1. The maximum Gasteiger partial charge on any atom is 0.155 e. The van der Waals surface area contributed by atoms with E-state index in [1.54, 1.807) is 6.92 Å². The second kappa shape index (κ2) is 4.78. The van der Waals surface area contributed by atoms with Crippen LogP contribution in [-0.4, -0.2) is 5.78 Å². The lowest BCUT2D eigenvalue weighted by Crippen LogP contribution is -2.22. The van der Waals surface area contributed by atoms with Gasteiger partial charge >= 0.3 is 0 Å². The van der Waals surface area contributed by atoms with Gasteiger partial charge in [-0.05, 0) is 44.6 Å². The average Bonchev–Trinajstić information content (AvgIpc) is 2.18. The fourth-order valence-corrected chi connectivity index (χ4v) is 2.16. The molecule has 0 aromatic carbocycles. The summed E-state index contributed by atoms with van der Waals surface area (Å²) < 4.78 is 0. The maximum atomic E-state index is 11.2. The third kappa shape index (κ3) is 2.80. The van der Waals surface area contributed by atoms with E-state index in [2.05, 4.69) is 32.9 Å². The molecule has 0 bridgehead atoms. The van der Waals surface area contributed by atoms with E-state index in [1.807, 2.05) is 6.92 Å². The monoisotopic (exact) mass is 206 g/mol. The van der Waals surface area contributed by atoms with Gasteiger partial charge in [0.05, 0.1) is 0 Å². The molecular formula is C14H22O. The van der Waals surface area contributed by atoms with Crippen LogP contribution >= 0.6 is 0 Å². The predicted molar refractivity (Wildman–Crippen MR) is 64.6 cm³/mol. The molecule has 0 aromatic heterocycles. The van der Waals surface area contributed by atoms with Crippen LogP contribution in [0.5, 0.6) is 0 Å². The zero-order valence-electron chi connectivity index (χ0n) is 10.5. The molecule has 1 nitrogen and oxygen atoms in total. The van der Waals surface area contributed by atoms with Gasteiger partial charge in [0.1, 0.15) is 0 Å². The van der Waals surface area contributed by atoms with Gasteiger partial charge in [0, 0.05) is 5.92 Å². The highest BCUT2D eigenvalue weighted by molar-refractivity contribution is 5.92. The molecule has 0 N–H and O–H groups in total. The minimum atomic E-state index is 0.188. The molecule has 0 amide bonds. The summed E-state index contributed by atoms with van der Waals surface area (Å²) >= 11 is 0. The number of Topliss-reactive ketones (excluding diaryl/α,β-unsaturated/α-hetero) is 1. The van der Waals surface area contributed by atoms with Crippen molar-refractivity contribution in [3.8, 4) is 0 Å². The summed E-state index contributed by atoms with van der Waals surface area (Å²) in [5.74, 6) is 2.00. The van der Waals surface area contributed by atoms with E-state index in [-0.39, 0.29) is 5.78 Å². The molecular weight excluding hydrogens is 184 g/mol. The first-order chi connectivity index (χ1) is 6.93. The summed E-state index contributed by atoms with van der Waals surface area (Å²) in [6.07, 6.45) is 5.64. The fourth-order valence-electron chi connectivity index (χ4n) is 2.16. The number of hydrogen-bond acceptors (Lipinski definition) is 1. The normalized spacial score (nSPS) is 32.5. The molecule has 0 saturated heterocycles. The molecule has 1 aliphatic carbocycles. The van der Waals surface area contributed by atoms with Crippen molar-refractivity contribution in [3.63, 3.8) is 0 Å². The van der Waals surface area contributed by atoms with E-state index in [0.717, 1.165) is 11.5 Å². The van der Waals surface area contributed by atoms with Crippen LogP contribution in [-0.2, 0) is 4.79 Å². The second-order valence-corrected chi connectivity index (χ2v) is 4.95. The molecule has 0 aliphatic heterocycles. The number of allylic oxidation sites excluding steroid dienone is 4. The highest BCUT2D eigenvalue weighted by Gasteiger charge is 2.25. The third-order valence-corrected chi connectivity index (χ3v) is 3.79. The van der Waals surface area contributed by atoms with Crippen LogP contribution in [0.15, 0.2) is 23.3 Å². The van der Waals surface area contributed by atoms with Crippen molar-refractivity contribution in [1.29, 1.82) is 0 Å². The Hall–Kier alpha value is -0.850. The Kier molecular flexibility index (Phi) is 3.90. The van der Waals surface area contributed by atoms with Crippen LogP contribution in [0.3, 0.4) is 0 Å². The Morgan fingerprint density at radius 3 is 2.53 bits per heavy atom. The third-order valence-electron chi connectivity index (χ3n) is 3.79. The number of rotatable bonds is 2. The first-order valence-corrected chi connectivity index (χ1v) is 5.79. The van der Waals surface area contributed by atoms with Crippen LogP contribution in [0.25, 0.3) is 0 Å². The maximum absolute atomic E-state index is 11.2. The number of hydrogen-bond donors (Lipinski definition) is 0. The number of ketones is 1. The van der Waals surface area contributed by atoms with Crippen LogP contribution in [0.1, 0.15) is 41.0 Å². The van der Waals surface area contributed by atoms with E-state index < -0.39 is 0 Å². The van der Waals surface area contributed by atoms with Gasteiger partial charge in [-0.3, -0.25) is 4.79 Å². The molecule has 0 aromatic rings. The molecule has 0 heterocycles. The quantitative estimate of drug-likeness (QED) is 0.496. The zero-order chi connectivity index (χ0) is 11.6. The minimum absolute atomic E-state index is 0.188. The van der Waals surface area contributed by atoms with E-state index in [4.69, 9.17) is 0 Å². The van der Waals surface area contributed by atoms with Crippen molar-refractivity contribution in [2.45, 2.75) is 41.0 Å². The lowest BCUT2D eigenvalue weighted by atomic mass is 9.73. The number of carbonyl (C=O) groups excluding carboxylic acids is 1. The van der Waals surface area contributed by atoms with Crippen molar-refractivity contribution >= 4 is 5.78 Å². The zero-order valence-corrected chi connectivity index (χ0v) is 10.5. The Labute approximate surface area is 93.3 Å². The SMILES string of the molecule is CC(=O)C(C)=CC1C(C)=CCC(C)C1C. The molecule has 0 saturated carbocycles. The van der Waals surface area contributed by atoms with E-state index >= 15 is 0 Å². The Morgan fingerprint density at radius 2 is 2.00 bits per heavy atom. The van der Waals surface area contributed by atoms with Crippen molar-refractivity contribution in [3.05, 3.63) is 23.3 Å². The van der Waals surface area contributed by atoms with Gasteiger partial charge in [-0.15, -0.1) is 0 Å². The summed E-state index contributed by atoms with van der Waals surface area (Å²) in [7, 11) is 0. The van der Waals surface area contributed by atoms with Gasteiger partial charge in [-0.2, -0.15) is 0 Å². The highest BCUT2D eigenvalue weighted by atomic mass is 16.1. The lowest BCUT2D eigenvalue weighted by molar-refractivity contribution is -0.113. The van der Waals surface area contributed by atoms with Gasteiger partial charge in [0.25, 0.3) is 0 Å². The summed E-state index contributed by atoms with van der Waals surface area (Å²) in [6, 6.07) is 0. The van der Waals surface area contributed by atoms with E-state index in [0.29, 0.717) is 11.8 Å². The van der Waals surface area contributed by atoms with Crippen molar-refractivity contribution < 1.29 is 4.79 Å². The minimum Gasteiger partial charge on any atom is -0.295 e. The molecule has 15 heavy (non-hydrogen) atoms. The lowest BCUT2D eigenvalue weighted by Gasteiger charge is -2.32. The Morgan fingerprint density at radius 1 is 1.40 bits per heavy atom. The first-order valence-electron chi connectivity index (χ1n) is 5.79. The predicted octanol–water partition coefficient (Wildman–Crippen LogP) is 3.76. The van der Waals surface area contributed by atoms with Crippen LogP contribution in [0.2, 0.25) is 0 Å². The molecule has 1 heteroatoms. The van der Waals surface area contributed by atoms with E-state index in [9.17, 15) is 4.79 Å². The Bertz CT molecular complexity index is 309. The van der Waals surface area contributed by atoms with Gasteiger partial charge in [-0.25, -0.2) is 0 Å². The van der Waals surface area contributed by atoms with Crippen molar-refractivity contribution in [2.75, 3.05) is 0 Å². The van der Waals surface area contributed by atoms with Crippen molar-refractivity contribution in [2.24, 2.45) is 17.8 Å². The summed E-state index contributed by atoms with van der Waals surface area (Å²) in [5, 5.41) is 0. The largest absolute Gasteiger partial charge is 0.295 e. The van der Waals surface area contributed by atoms with Crippen LogP contribution < -0.4 is 0 Å². The average molecular weight is 206 g/mol. The molecule has 84 valence electrons. The molecule has 3 atom stereocenters. The van der Waals surface area contributed by atoms with E-state index in [1.165, 1.54) is 12.0 Å². The molecule has 0 fully saturated rings. The van der Waals surface area contributed by atoms with Gasteiger partial charge in [-0.1, -0.05) is 31.6 Å². The van der Waals surface area contributed by atoms with Crippen molar-refractivity contribution in [1.82, 2.24) is 0 Å². The summed E-state index contributed by atoms with van der Waals surface area (Å²) in [5.41, 5.74) is 2.31. The summed E-state index contributed by atoms with van der Waals surface area (Å²) in [6.45, 7) is 10.3. The second-order valence-electron chi connectivity index (χ2n) is 4.95. The molecule has 1 rings (SSSR count). The molecule has 0 radical (unpaired) electrons. The summed E-state index contributed by atoms with van der Waals surface area (Å²) in [4.78, 5) is 11.2. The van der Waals surface area contributed by atoms with Gasteiger partial charge < -0.3 is 0 Å². The molecule has 0 spiro atoms. The standard InChI is InChI=1S/C14H22O/c1-9-6-7-10(2)14(12(9)4)8-11(3)13(5)15/h7-9,12,14H,6H2,1-5H3. The van der Waals surface area contributed by atoms with Crippen LogP contribution in [0.4, 0.5) is 0 Å². The molecule has 1 aliphatic rings. The fraction of sp³-hybridized carbons (Fsp3) is 0.643. The van der Waals surface area contributed by atoms with Crippen LogP contribution in [0, 0.1) is 17.8 Å². The highest BCUT2D eigenvalue weighted by Crippen LogP contribution is 2.35. The molecule has 3 unspecified atom stereocenters. The van der Waals surface area contributed by atoms with Gasteiger partial charge in [0.2, 0.25) is 0 Å². The first kappa shape index (κ1) is 12.2. The Balaban J connectivity index is 2.92. The smallest absolute Gasteiger partial charge is 0.155 e. The van der Waals surface area contributed by atoms with Gasteiger partial charge in [0.15, 0.2) is 5.78 Å². The topological polar surface area (TPSA) is 17.1 Å².